The molecule has 0 fully saturated rings. The van der Waals surface area contributed by atoms with Gasteiger partial charge < -0.3 is 24.5 Å². The fourth-order valence-corrected chi connectivity index (χ4v) is 3.76. The molecule has 0 saturated heterocycles. The Bertz CT molecular complexity index is 1570. The molecule has 11 nitrogen and oxygen atoms in total. The molecule has 4 aromatic rings. The largest absolute Gasteiger partial charge is 0.497 e. The summed E-state index contributed by atoms with van der Waals surface area (Å²) in [5.41, 5.74) is 6.09. The monoisotopic (exact) mass is 492 g/mol. The molecule has 186 valence electrons. The van der Waals surface area contributed by atoms with E-state index in [1.165, 1.54) is 14.2 Å². The molecule has 0 aliphatic rings. The lowest BCUT2D eigenvalue weighted by atomic mass is 10.1. The fraction of sp³-hybridized carbons (Fsp3) is 0.200. The summed E-state index contributed by atoms with van der Waals surface area (Å²) in [7, 11) is 2.83. The maximum atomic E-state index is 12.8. The van der Waals surface area contributed by atoms with Gasteiger partial charge in [0.15, 0.2) is 12.3 Å². The number of hydrogen-bond acceptors (Lipinski definition) is 8. The highest BCUT2D eigenvalue weighted by Crippen LogP contribution is 2.29. The zero-order chi connectivity index (χ0) is 26.0. The number of fused-ring (bicyclic) bond motifs is 1. The van der Waals surface area contributed by atoms with Crippen molar-refractivity contribution in [2.75, 3.05) is 31.4 Å². The van der Waals surface area contributed by atoms with Crippen LogP contribution >= 0.6 is 0 Å². The van der Waals surface area contributed by atoms with Crippen molar-refractivity contribution < 1.29 is 23.5 Å². The van der Waals surface area contributed by atoms with E-state index in [1.807, 2.05) is 6.07 Å². The molecule has 0 atom stereocenters. The Labute approximate surface area is 204 Å². The number of nitrogen functional groups attached to an aromatic ring is 1. The number of H-pyrrole nitrogens is 1. The highest BCUT2D eigenvalue weighted by atomic mass is 16.5. The number of aryl methyl sites for hydroxylation is 1. The molecule has 0 bridgehead atoms. The molecule has 3 N–H and O–H groups in total. The summed E-state index contributed by atoms with van der Waals surface area (Å²) in [5.74, 6) is -1.24. The molecule has 4 rings (SSSR count). The summed E-state index contributed by atoms with van der Waals surface area (Å²) < 4.78 is 17.1. The summed E-state index contributed by atoms with van der Waals surface area (Å²) in [6, 6.07) is 14.1. The van der Waals surface area contributed by atoms with E-state index < -0.39 is 29.7 Å². The van der Waals surface area contributed by atoms with Crippen molar-refractivity contribution in [3.8, 4) is 5.75 Å². The van der Waals surface area contributed by atoms with Crippen LogP contribution in [0.5, 0.6) is 5.75 Å². The van der Waals surface area contributed by atoms with E-state index in [1.54, 1.807) is 49.4 Å². The number of rotatable bonds is 7. The highest BCUT2D eigenvalue weighted by molar-refractivity contribution is 6.00. The zero-order valence-corrected chi connectivity index (χ0v) is 19.9. The number of nitrogens with two attached hydrogens (primary N) is 1. The molecule has 0 spiro atoms. The predicted molar refractivity (Wildman–Crippen MR) is 132 cm³/mol. The Morgan fingerprint density at radius 3 is 2.56 bits per heavy atom. The lowest BCUT2D eigenvalue weighted by Crippen LogP contribution is -2.40. The third-order valence-electron chi connectivity index (χ3n) is 5.76. The smallest absolute Gasteiger partial charge is 0.375 e. The number of aromatic nitrogens is 2. The van der Waals surface area contributed by atoms with Crippen LogP contribution in [0.4, 0.5) is 11.5 Å². The lowest BCUT2D eigenvalue weighted by Gasteiger charge is -2.20. The van der Waals surface area contributed by atoms with Gasteiger partial charge in [-0.2, -0.15) is 0 Å². The molecule has 36 heavy (non-hydrogen) atoms. The number of carbonyl (C=O) groups excluding carboxylic acids is 2. The van der Waals surface area contributed by atoms with Gasteiger partial charge in [0.2, 0.25) is 5.76 Å². The summed E-state index contributed by atoms with van der Waals surface area (Å²) in [4.78, 5) is 53.4. The van der Waals surface area contributed by atoms with Crippen LogP contribution in [0, 0.1) is 6.92 Å². The second-order valence-corrected chi connectivity index (χ2v) is 8.01. The minimum atomic E-state index is -0.847. The van der Waals surface area contributed by atoms with Crippen molar-refractivity contribution in [1.82, 2.24) is 9.55 Å². The summed E-state index contributed by atoms with van der Waals surface area (Å²) in [5, 5.41) is 0.671. The summed E-state index contributed by atoms with van der Waals surface area (Å²) in [6.07, 6.45) is 0. The Kier molecular flexibility index (Phi) is 6.64. The van der Waals surface area contributed by atoms with Gasteiger partial charge in [-0.15, -0.1) is 0 Å². The molecule has 2 aromatic heterocycles. The number of benzene rings is 2. The highest BCUT2D eigenvalue weighted by Gasteiger charge is 2.24. The molecule has 0 unspecified atom stereocenters. The molecule has 0 radical (unpaired) electrons. The van der Waals surface area contributed by atoms with Crippen LogP contribution in [0.2, 0.25) is 0 Å². The van der Waals surface area contributed by atoms with E-state index in [-0.39, 0.29) is 23.8 Å². The van der Waals surface area contributed by atoms with Crippen molar-refractivity contribution >= 4 is 34.4 Å². The number of furan rings is 1. The fourth-order valence-electron chi connectivity index (χ4n) is 3.76. The number of aromatic amines is 1. The SMILES string of the molecule is COc1ccc2oc(C(=O)OCC(=O)N(C)c3c(N)n(Cc4ccccc4)c(=O)[nH]c3=O)c(C)c2c1. The van der Waals surface area contributed by atoms with Crippen LogP contribution in [-0.2, 0) is 16.1 Å². The van der Waals surface area contributed by atoms with Gasteiger partial charge in [0, 0.05) is 18.0 Å². The van der Waals surface area contributed by atoms with Crippen molar-refractivity contribution in [3.05, 3.63) is 86.3 Å². The van der Waals surface area contributed by atoms with Gasteiger partial charge in [0.1, 0.15) is 17.2 Å². The van der Waals surface area contributed by atoms with Crippen molar-refractivity contribution in [1.29, 1.82) is 0 Å². The Morgan fingerprint density at radius 1 is 1.14 bits per heavy atom. The van der Waals surface area contributed by atoms with Crippen LogP contribution in [0.25, 0.3) is 11.0 Å². The number of likely N-dealkylation sites (N-methyl/N-ethyl adjacent to an activating group) is 1. The van der Waals surface area contributed by atoms with E-state index in [9.17, 15) is 19.2 Å². The quantitative estimate of drug-likeness (QED) is 0.372. The molecule has 0 aliphatic heterocycles. The van der Waals surface area contributed by atoms with E-state index in [4.69, 9.17) is 19.6 Å². The second-order valence-electron chi connectivity index (χ2n) is 8.01. The number of ether oxygens (including phenoxy) is 2. The Morgan fingerprint density at radius 2 is 1.86 bits per heavy atom. The van der Waals surface area contributed by atoms with Crippen molar-refractivity contribution in [2.24, 2.45) is 0 Å². The first-order chi connectivity index (χ1) is 17.2. The van der Waals surface area contributed by atoms with Gasteiger partial charge in [-0.3, -0.25) is 19.1 Å². The molecule has 0 saturated carbocycles. The molecule has 11 heteroatoms. The lowest BCUT2D eigenvalue weighted by molar-refractivity contribution is -0.121. The number of nitrogens with one attached hydrogen (secondary N) is 1. The maximum Gasteiger partial charge on any atom is 0.375 e. The van der Waals surface area contributed by atoms with E-state index in [2.05, 4.69) is 4.98 Å². The second kappa shape index (κ2) is 9.82. The van der Waals surface area contributed by atoms with Gasteiger partial charge in [0.05, 0.1) is 13.7 Å². The first-order valence-corrected chi connectivity index (χ1v) is 10.9. The van der Waals surface area contributed by atoms with Gasteiger partial charge in [-0.25, -0.2) is 9.59 Å². The summed E-state index contributed by atoms with van der Waals surface area (Å²) >= 11 is 0. The van der Waals surface area contributed by atoms with E-state index in [0.29, 0.717) is 22.3 Å². The number of anilines is 2. The average Bonchev–Trinajstić information content (AvgIpc) is 3.20. The number of esters is 1. The molecule has 0 aliphatic carbocycles. The van der Waals surface area contributed by atoms with Gasteiger partial charge in [-0.1, -0.05) is 30.3 Å². The minimum Gasteiger partial charge on any atom is -0.497 e. The number of methoxy groups -OCH3 is 1. The molecular weight excluding hydrogens is 468 g/mol. The van der Waals surface area contributed by atoms with Crippen LogP contribution in [0.3, 0.4) is 0 Å². The van der Waals surface area contributed by atoms with Crippen molar-refractivity contribution in [2.45, 2.75) is 13.5 Å². The third kappa shape index (κ3) is 4.58. The molecule has 2 aromatic carbocycles. The number of carbonyl (C=O) groups is 2. The molecule has 2 heterocycles. The van der Waals surface area contributed by atoms with Gasteiger partial charge in [-0.05, 0) is 30.7 Å². The normalized spacial score (nSPS) is 10.9. The Hall–Kier alpha value is -4.80. The Balaban J connectivity index is 1.53. The maximum absolute atomic E-state index is 12.8. The van der Waals surface area contributed by atoms with E-state index in [0.717, 1.165) is 15.0 Å². The van der Waals surface area contributed by atoms with Gasteiger partial charge in [0.25, 0.3) is 11.5 Å². The summed E-state index contributed by atoms with van der Waals surface area (Å²) in [6.45, 7) is 1.08. The number of amides is 1. The standard InChI is InChI=1S/C25H24N4O7/c1-14-17-11-16(34-3)9-10-18(17)36-21(14)24(32)35-13-19(30)28(2)20-22(26)29(25(33)27-23(20)31)12-15-7-5-4-6-8-15/h4-11H,12-13,26H2,1-3H3,(H,27,31,33). The van der Waals surface area contributed by atoms with Gasteiger partial charge >= 0.3 is 11.7 Å². The van der Waals surface area contributed by atoms with Crippen LogP contribution in [0.1, 0.15) is 21.7 Å². The predicted octanol–water partition coefficient (Wildman–Crippen LogP) is 2.05. The molecule has 1 amide bonds. The first kappa shape index (κ1) is 24.3. The van der Waals surface area contributed by atoms with Crippen LogP contribution in [0.15, 0.2) is 62.5 Å². The van der Waals surface area contributed by atoms with Crippen LogP contribution < -0.4 is 26.6 Å². The third-order valence-corrected chi connectivity index (χ3v) is 5.76. The topological polar surface area (TPSA) is 150 Å². The average molecular weight is 492 g/mol. The number of hydrogen-bond donors (Lipinski definition) is 2. The van der Waals surface area contributed by atoms with Crippen LogP contribution in [-0.4, -0.2) is 42.2 Å². The van der Waals surface area contributed by atoms with E-state index >= 15 is 0 Å². The minimum absolute atomic E-state index is 0.0533. The van der Waals surface area contributed by atoms with Crippen molar-refractivity contribution in [3.63, 3.8) is 0 Å². The number of nitrogens with zero attached hydrogens (tertiary/aromatic N) is 2. The first-order valence-electron chi connectivity index (χ1n) is 10.9. The zero-order valence-electron chi connectivity index (χ0n) is 19.9. The molecular formula is C25H24N4O7.